The van der Waals surface area contributed by atoms with Crippen molar-refractivity contribution >= 4 is 17.7 Å². The highest BCUT2D eigenvalue weighted by molar-refractivity contribution is 5.87. The summed E-state index contributed by atoms with van der Waals surface area (Å²) in [4.78, 5) is 40.1. The fraction of sp³-hybridized carbons (Fsp3) is 0.333. The number of benzene rings is 3. The standard InChI is InChI=1S/C30H34N2O7/c1-5-38-27(34)30(20-22-13-8-6-9-14-22,26(33)24-17-12-18-25(19-24)32(36)37)31(28(35)39-29(2,3)4)21-23-15-10-7-11-16-23/h6-19,26,33H,5,20-21H2,1-4H3/t26-,30-/m1/s1. The third kappa shape index (κ3) is 7.20. The number of rotatable bonds is 10. The SMILES string of the molecule is CCOC(=O)[C@@](Cc1ccccc1)([C@H](O)c1cccc([N+](=O)[O-])c1)N(Cc1ccccc1)C(=O)OC(C)(C)C. The van der Waals surface area contributed by atoms with Gasteiger partial charge in [-0.3, -0.25) is 15.0 Å². The first-order valence-electron chi connectivity index (χ1n) is 12.7. The number of aliphatic hydroxyl groups is 1. The summed E-state index contributed by atoms with van der Waals surface area (Å²) in [7, 11) is 0. The molecule has 3 aromatic carbocycles. The molecule has 0 aliphatic carbocycles. The largest absolute Gasteiger partial charge is 0.464 e. The van der Waals surface area contributed by atoms with E-state index in [2.05, 4.69) is 0 Å². The average molecular weight is 535 g/mol. The zero-order valence-corrected chi connectivity index (χ0v) is 22.6. The lowest BCUT2D eigenvalue weighted by Gasteiger charge is -2.45. The number of nitro groups is 1. The Balaban J connectivity index is 2.32. The van der Waals surface area contributed by atoms with Crippen molar-refractivity contribution in [3.05, 3.63) is 112 Å². The van der Waals surface area contributed by atoms with Crippen molar-refractivity contribution in [2.24, 2.45) is 0 Å². The second kappa shape index (κ2) is 12.5. The Morgan fingerprint density at radius 3 is 2.08 bits per heavy atom. The van der Waals surface area contributed by atoms with Crippen molar-refractivity contribution in [2.75, 3.05) is 6.61 Å². The van der Waals surface area contributed by atoms with Crippen LogP contribution < -0.4 is 0 Å². The molecule has 3 aromatic rings. The molecule has 1 amide bonds. The van der Waals surface area contributed by atoms with Crippen molar-refractivity contribution in [3.8, 4) is 0 Å². The van der Waals surface area contributed by atoms with Gasteiger partial charge in [0.25, 0.3) is 5.69 Å². The van der Waals surface area contributed by atoms with Gasteiger partial charge in [0.15, 0.2) is 5.54 Å². The minimum Gasteiger partial charge on any atom is -0.464 e. The van der Waals surface area contributed by atoms with Crippen LogP contribution in [0.5, 0.6) is 0 Å². The molecule has 0 unspecified atom stereocenters. The van der Waals surface area contributed by atoms with Gasteiger partial charge in [0.1, 0.15) is 11.7 Å². The Bertz CT molecular complexity index is 1280. The summed E-state index contributed by atoms with van der Waals surface area (Å²) in [6.07, 6.45) is -2.71. The Morgan fingerprint density at radius 1 is 0.949 bits per heavy atom. The molecule has 0 fully saturated rings. The van der Waals surface area contributed by atoms with E-state index in [0.29, 0.717) is 11.1 Å². The van der Waals surface area contributed by atoms with Gasteiger partial charge < -0.3 is 14.6 Å². The number of amides is 1. The normalized spacial score (nSPS) is 13.6. The van der Waals surface area contributed by atoms with Gasteiger partial charge >= 0.3 is 12.1 Å². The number of hydrogen-bond acceptors (Lipinski definition) is 7. The Morgan fingerprint density at radius 2 is 1.54 bits per heavy atom. The summed E-state index contributed by atoms with van der Waals surface area (Å²) in [5.41, 5.74) is -1.85. The number of hydrogen-bond donors (Lipinski definition) is 1. The van der Waals surface area contributed by atoms with Crippen molar-refractivity contribution in [2.45, 2.75) is 57.9 Å². The molecule has 0 bridgehead atoms. The highest BCUT2D eigenvalue weighted by Crippen LogP contribution is 2.39. The van der Waals surface area contributed by atoms with Crippen molar-refractivity contribution < 1.29 is 29.1 Å². The van der Waals surface area contributed by atoms with Crippen LogP contribution in [-0.4, -0.2) is 44.7 Å². The van der Waals surface area contributed by atoms with Gasteiger partial charge in [-0.15, -0.1) is 0 Å². The van der Waals surface area contributed by atoms with Gasteiger partial charge in [-0.2, -0.15) is 0 Å². The van der Waals surface area contributed by atoms with E-state index in [1.807, 2.05) is 12.1 Å². The van der Waals surface area contributed by atoms with E-state index >= 15 is 0 Å². The third-order valence-electron chi connectivity index (χ3n) is 6.07. The number of esters is 1. The van der Waals surface area contributed by atoms with E-state index in [9.17, 15) is 24.8 Å². The molecule has 206 valence electrons. The molecule has 0 aromatic heterocycles. The first kappa shape index (κ1) is 29.3. The van der Waals surface area contributed by atoms with Crippen LogP contribution in [0.2, 0.25) is 0 Å². The molecule has 0 aliphatic rings. The molecule has 0 radical (unpaired) electrons. The predicted molar refractivity (Wildman–Crippen MR) is 146 cm³/mol. The molecule has 0 saturated carbocycles. The average Bonchev–Trinajstić information content (AvgIpc) is 2.90. The van der Waals surface area contributed by atoms with Crippen LogP contribution in [0.15, 0.2) is 84.9 Å². The summed E-state index contributed by atoms with van der Waals surface area (Å²) in [6, 6.07) is 23.3. The molecule has 3 rings (SSSR count). The lowest BCUT2D eigenvalue weighted by Crippen LogP contribution is -2.63. The van der Waals surface area contributed by atoms with E-state index in [1.165, 1.54) is 29.2 Å². The van der Waals surface area contributed by atoms with Crippen LogP contribution in [0.1, 0.15) is 50.5 Å². The van der Waals surface area contributed by atoms with Gasteiger partial charge in [0.05, 0.1) is 18.1 Å². The maximum atomic E-state index is 14.0. The second-order valence-corrected chi connectivity index (χ2v) is 10.1. The number of nitro benzene ring substituents is 1. The number of nitrogens with zero attached hydrogens (tertiary/aromatic N) is 2. The molecule has 9 heteroatoms. The number of carbonyl (C=O) groups excluding carboxylic acids is 2. The Hall–Kier alpha value is -4.24. The minimum absolute atomic E-state index is 0.0233. The van der Waals surface area contributed by atoms with E-state index in [1.54, 1.807) is 76.2 Å². The van der Waals surface area contributed by atoms with Gasteiger partial charge in [-0.25, -0.2) is 9.59 Å². The fourth-order valence-electron chi connectivity index (χ4n) is 4.33. The van der Waals surface area contributed by atoms with Crippen LogP contribution in [0.25, 0.3) is 0 Å². The lowest BCUT2D eigenvalue weighted by atomic mass is 9.80. The zero-order valence-electron chi connectivity index (χ0n) is 22.6. The van der Waals surface area contributed by atoms with E-state index < -0.39 is 34.2 Å². The highest BCUT2D eigenvalue weighted by atomic mass is 16.6. The highest BCUT2D eigenvalue weighted by Gasteiger charge is 2.55. The molecule has 0 heterocycles. The van der Waals surface area contributed by atoms with Crippen LogP contribution in [0, 0.1) is 10.1 Å². The second-order valence-electron chi connectivity index (χ2n) is 10.1. The summed E-state index contributed by atoms with van der Waals surface area (Å²) in [6.45, 7) is 6.60. The predicted octanol–water partition coefficient (Wildman–Crippen LogP) is 5.61. The number of non-ortho nitro benzene ring substituents is 1. The topological polar surface area (TPSA) is 119 Å². The summed E-state index contributed by atoms with van der Waals surface area (Å²) < 4.78 is 11.3. The first-order valence-corrected chi connectivity index (χ1v) is 12.7. The smallest absolute Gasteiger partial charge is 0.411 e. The van der Waals surface area contributed by atoms with Crippen LogP contribution in [0.3, 0.4) is 0 Å². The molecule has 2 atom stereocenters. The maximum absolute atomic E-state index is 14.0. The molecule has 0 spiro atoms. The molecule has 1 N–H and O–H groups in total. The van der Waals surface area contributed by atoms with Crippen LogP contribution in [-0.2, 0) is 27.2 Å². The third-order valence-corrected chi connectivity index (χ3v) is 6.07. The fourth-order valence-corrected chi connectivity index (χ4v) is 4.33. The zero-order chi connectivity index (χ0) is 28.6. The van der Waals surface area contributed by atoms with Gasteiger partial charge in [-0.1, -0.05) is 72.8 Å². The lowest BCUT2D eigenvalue weighted by molar-refractivity contribution is -0.385. The Labute approximate surface area is 228 Å². The monoisotopic (exact) mass is 534 g/mol. The summed E-state index contributed by atoms with van der Waals surface area (Å²) in [5, 5.41) is 23.6. The summed E-state index contributed by atoms with van der Waals surface area (Å²) in [5.74, 6) is -0.866. The first-order chi connectivity index (χ1) is 18.5. The number of aliphatic hydroxyl groups excluding tert-OH is 1. The quantitative estimate of drug-likeness (QED) is 0.204. The molecule has 0 saturated heterocycles. The molecular formula is C30H34N2O7. The number of ether oxygens (including phenoxy) is 2. The van der Waals surface area contributed by atoms with Gasteiger partial charge in [-0.05, 0) is 44.4 Å². The van der Waals surface area contributed by atoms with E-state index in [-0.39, 0.29) is 30.8 Å². The van der Waals surface area contributed by atoms with Gasteiger partial charge in [0.2, 0.25) is 0 Å². The maximum Gasteiger partial charge on any atom is 0.411 e. The van der Waals surface area contributed by atoms with Crippen LogP contribution >= 0.6 is 0 Å². The van der Waals surface area contributed by atoms with Crippen molar-refractivity contribution in [1.29, 1.82) is 0 Å². The van der Waals surface area contributed by atoms with Crippen molar-refractivity contribution in [1.82, 2.24) is 4.90 Å². The molecule has 9 nitrogen and oxygen atoms in total. The van der Waals surface area contributed by atoms with Crippen LogP contribution in [0.4, 0.5) is 10.5 Å². The Kier molecular flexibility index (Phi) is 9.42. The molecular weight excluding hydrogens is 500 g/mol. The van der Waals surface area contributed by atoms with E-state index in [0.717, 1.165) is 0 Å². The van der Waals surface area contributed by atoms with E-state index in [4.69, 9.17) is 9.47 Å². The minimum atomic E-state index is -2.05. The van der Waals surface area contributed by atoms with Crippen molar-refractivity contribution in [3.63, 3.8) is 0 Å². The number of carbonyl (C=O) groups is 2. The summed E-state index contributed by atoms with van der Waals surface area (Å²) >= 11 is 0. The molecule has 0 aliphatic heterocycles. The molecule has 39 heavy (non-hydrogen) atoms. The van der Waals surface area contributed by atoms with Gasteiger partial charge in [0, 0.05) is 18.6 Å².